The Morgan fingerprint density at radius 1 is 1.35 bits per heavy atom. The maximum absolute atomic E-state index is 12.2. The minimum absolute atomic E-state index is 0.0425. The molecule has 1 heterocycles. The summed E-state index contributed by atoms with van der Waals surface area (Å²) in [6, 6.07) is 7.46. The maximum Gasteiger partial charge on any atom is 0.251 e. The lowest BCUT2D eigenvalue weighted by Gasteiger charge is -2.17. The van der Waals surface area contributed by atoms with Crippen molar-refractivity contribution in [2.45, 2.75) is 51.8 Å². The predicted molar refractivity (Wildman–Crippen MR) is 88.0 cm³/mol. The number of aromatic nitrogens is 3. The Morgan fingerprint density at radius 3 is 2.61 bits per heavy atom. The first-order valence-electron chi connectivity index (χ1n) is 7.78. The van der Waals surface area contributed by atoms with Gasteiger partial charge in [0.1, 0.15) is 12.7 Å². The van der Waals surface area contributed by atoms with Crippen LogP contribution in [0.15, 0.2) is 36.9 Å². The summed E-state index contributed by atoms with van der Waals surface area (Å²) in [7, 11) is 0. The van der Waals surface area contributed by atoms with Crippen LogP contribution >= 0.6 is 0 Å². The van der Waals surface area contributed by atoms with Gasteiger partial charge in [-0.05, 0) is 51.3 Å². The molecule has 6 nitrogen and oxygen atoms in total. The molecule has 0 bridgehead atoms. The smallest absolute Gasteiger partial charge is 0.251 e. The molecule has 0 radical (unpaired) electrons. The molecule has 0 fully saturated rings. The molecule has 1 amide bonds. The van der Waals surface area contributed by atoms with E-state index < -0.39 is 5.60 Å². The van der Waals surface area contributed by atoms with E-state index in [1.165, 1.54) is 6.33 Å². The van der Waals surface area contributed by atoms with Crippen LogP contribution < -0.4 is 5.32 Å². The van der Waals surface area contributed by atoms with Crippen molar-refractivity contribution in [3.63, 3.8) is 0 Å². The van der Waals surface area contributed by atoms with Crippen LogP contribution in [0.4, 0.5) is 0 Å². The van der Waals surface area contributed by atoms with Gasteiger partial charge in [-0.1, -0.05) is 12.1 Å². The Kier molecular flexibility index (Phi) is 5.50. The Bertz CT molecular complexity index is 615. The second-order valence-electron chi connectivity index (χ2n) is 6.50. The molecule has 124 valence electrons. The summed E-state index contributed by atoms with van der Waals surface area (Å²) in [4.78, 5) is 16.1. The fourth-order valence-corrected chi connectivity index (χ4v) is 2.23. The lowest BCUT2D eigenvalue weighted by atomic mass is 9.98. The number of hydrogen-bond acceptors (Lipinski definition) is 4. The molecule has 1 aromatic carbocycles. The molecule has 0 aliphatic rings. The summed E-state index contributed by atoms with van der Waals surface area (Å²) in [5, 5.41) is 16.7. The highest BCUT2D eigenvalue weighted by Gasteiger charge is 2.13. The van der Waals surface area contributed by atoms with Gasteiger partial charge in [0.15, 0.2) is 0 Å². The lowest BCUT2D eigenvalue weighted by molar-refractivity contribution is 0.0713. The molecular weight excluding hydrogens is 292 g/mol. The normalized spacial score (nSPS) is 12.9. The average molecular weight is 316 g/mol. The van der Waals surface area contributed by atoms with E-state index in [0.717, 1.165) is 12.0 Å². The maximum atomic E-state index is 12.2. The van der Waals surface area contributed by atoms with Gasteiger partial charge in [-0.3, -0.25) is 9.48 Å². The second-order valence-corrected chi connectivity index (χ2v) is 6.50. The molecule has 2 N–H and O–H groups in total. The largest absolute Gasteiger partial charge is 0.390 e. The second kappa shape index (κ2) is 7.37. The fourth-order valence-electron chi connectivity index (χ4n) is 2.23. The van der Waals surface area contributed by atoms with E-state index in [-0.39, 0.29) is 11.9 Å². The van der Waals surface area contributed by atoms with Gasteiger partial charge in [0.25, 0.3) is 5.91 Å². The molecule has 1 aromatic heterocycles. The van der Waals surface area contributed by atoms with E-state index in [9.17, 15) is 9.90 Å². The van der Waals surface area contributed by atoms with Crippen molar-refractivity contribution in [2.24, 2.45) is 0 Å². The first kappa shape index (κ1) is 17.1. The molecule has 0 unspecified atom stereocenters. The summed E-state index contributed by atoms with van der Waals surface area (Å²) in [6.45, 7) is 6.10. The standard InChI is InChI=1S/C17H24N4O2/c1-13(10-21-12-18-11-19-21)20-16(22)15-6-4-14(5-7-15)8-9-17(2,3)23/h4-7,11-13,23H,8-10H2,1-3H3,(H,20,22)/t13-/m0/s1. The molecule has 2 aromatic rings. The number of hydrogen-bond donors (Lipinski definition) is 2. The van der Waals surface area contributed by atoms with Crippen LogP contribution in [-0.2, 0) is 13.0 Å². The van der Waals surface area contributed by atoms with E-state index in [0.29, 0.717) is 18.5 Å². The quantitative estimate of drug-likeness (QED) is 0.816. The zero-order valence-corrected chi connectivity index (χ0v) is 13.9. The molecule has 0 saturated heterocycles. The molecule has 0 spiro atoms. The van der Waals surface area contributed by atoms with Gasteiger partial charge in [0, 0.05) is 11.6 Å². The van der Waals surface area contributed by atoms with Crippen LogP contribution in [0.1, 0.15) is 43.1 Å². The fraction of sp³-hybridized carbons (Fsp3) is 0.471. The number of carbonyl (C=O) groups is 1. The highest BCUT2D eigenvalue weighted by atomic mass is 16.3. The third-order valence-electron chi connectivity index (χ3n) is 3.55. The van der Waals surface area contributed by atoms with Gasteiger partial charge >= 0.3 is 0 Å². The van der Waals surface area contributed by atoms with Crippen molar-refractivity contribution in [1.82, 2.24) is 20.1 Å². The van der Waals surface area contributed by atoms with Gasteiger partial charge in [0.05, 0.1) is 12.1 Å². The highest BCUT2D eigenvalue weighted by Crippen LogP contribution is 2.14. The van der Waals surface area contributed by atoms with Crippen LogP contribution in [0, 0.1) is 0 Å². The number of benzene rings is 1. The van der Waals surface area contributed by atoms with Gasteiger partial charge in [0.2, 0.25) is 0 Å². The Hall–Kier alpha value is -2.21. The molecule has 2 rings (SSSR count). The van der Waals surface area contributed by atoms with Crippen LogP contribution in [0.2, 0.25) is 0 Å². The average Bonchev–Trinajstić information content (AvgIpc) is 2.97. The van der Waals surface area contributed by atoms with Crippen LogP contribution in [0.5, 0.6) is 0 Å². The van der Waals surface area contributed by atoms with Gasteiger partial charge in [-0.15, -0.1) is 0 Å². The zero-order valence-electron chi connectivity index (χ0n) is 13.9. The summed E-state index contributed by atoms with van der Waals surface area (Å²) in [5.41, 5.74) is 1.06. The summed E-state index contributed by atoms with van der Waals surface area (Å²) < 4.78 is 1.69. The summed E-state index contributed by atoms with van der Waals surface area (Å²) >= 11 is 0. The monoisotopic (exact) mass is 316 g/mol. The van der Waals surface area contributed by atoms with E-state index in [2.05, 4.69) is 15.4 Å². The number of carbonyl (C=O) groups excluding carboxylic acids is 1. The van der Waals surface area contributed by atoms with E-state index in [4.69, 9.17) is 0 Å². The topological polar surface area (TPSA) is 80.0 Å². The third kappa shape index (κ3) is 5.83. The van der Waals surface area contributed by atoms with Crippen molar-refractivity contribution in [3.8, 4) is 0 Å². The van der Waals surface area contributed by atoms with Crippen molar-refractivity contribution in [3.05, 3.63) is 48.0 Å². The third-order valence-corrected chi connectivity index (χ3v) is 3.55. The molecule has 1 atom stereocenters. The van der Waals surface area contributed by atoms with E-state index in [1.54, 1.807) is 24.9 Å². The van der Waals surface area contributed by atoms with Gasteiger partial charge in [-0.25, -0.2) is 4.98 Å². The van der Waals surface area contributed by atoms with Crippen LogP contribution in [0.25, 0.3) is 0 Å². The molecule has 6 heteroatoms. The summed E-state index contributed by atoms with van der Waals surface area (Å²) in [6.07, 6.45) is 4.57. The van der Waals surface area contributed by atoms with Crippen molar-refractivity contribution < 1.29 is 9.90 Å². The Labute approximate surface area is 136 Å². The number of nitrogens with zero attached hydrogens (tertiary/aromatic N) is 3. The minimum Gasteiger partial charge on any atom is -0.390 e. The van der Waals surface area contributed by atoms with Gasteiger partial charge in [-0.2, -0.15) is 5.10 Å². The first-order chi connectivity index (χ1) is 10.8. The Balaban J connectivity index is 1.87. The van der Waals surface area contributed by atoms with E-state index in [1.807, 2.05) is 31.2 Å². The van der Waals surface area contributed by atoms with Gasteiger partial charge < -0.3 is 10.4 Å². The SMILES string of the molecule is C[C@@H](Cn1cncn1)NC(=O)c1ccc(CCC(C)(C)O)cc1. The van der Waals surface area contributed by atoms with Crippen LogP contribution in [0.3, 0.4) is 0 Å². The number of rotatable bonds is 7. The highest BCUT2D eigenvalue weighted by molar-refractivity contribution is 5.94. The summed E-state index contributed by atoms with van der Waals surface area (Å²) in [5.74, 6) is -0.105. The zero-order chi connectivity index (χ0) is 16.9. The Morgan fingerprint density at radius 2 is 2.04 bits per heavy atom. The van der Waals surface area contributed by atoms with E-state index >= 15 is 0 Å². The number of amides is 1. The first-order valence-corrected chi connectivity index (χ1v) is 7.78. The lowest BCUT2D eigenvalue weighted by Crippen LogP contribution is -2.35. The number of nitrogens with one attached hydrogen (secondary N) is 1. The molecule has 0 saturated carbocycles. The number of aliphatic hydroxyl groups is 1. The van der Waals surface area contributed by atoms with Crippen molar-refractivity contribution >= 4 is 5.91 Å². The minimum atomic E-state index is -0.674. The van der Waals surface area contributed by atoms with Crippen molar-refractivity contribution in [2.75, 3.05) is 0 Å². The molecule has 0 aliphatic heterocycles. The molecular formula is C17H24N4O2. The predicted octanol–water partition coefficient (Wildman–Crippen LogP) is 1.80. The molecule has 23 heavy (non-hydrogen) atoms. The molecule has 0 aliphatic carbocycles. The van der Waals surface area contributed by atoms with Crippen LogP contribution in [-0.4, -0.2) is 37.4 Å². The number of aryl methyl sites for hydroxylation is 1. The van der Waals surface area contributed by atoms with Crippen molar-refractivity contribution in [1.29, 1.82) is 0 Å².